The zero-order chi connectivity index (χ0) is 26.1. The van der Waals surface area contributed by atoms with Crippen molar-refractivity contribution >= 4 is 17.8 Å². The lowest BCUT2D eigenvalue weighted by molar-refractivity contribution is -0.120. The summed E-state index contributed by atoms with van der Waals surface area (Å²) in [7, 11) is 3.56. The van der Waals surface area contributed by atoms with Crippen LogP contribution in [-0.2, 0) is 11.3 Å². The molecule has 2 N–H and O–H groups in total. The number of Topliss-reactive ketones (excluding diaryl/α,β-unsaturated/α-hetero) is 1. The highest BCUT2D eigenvalue weighted by atomic mass is 16.2. The summed E-state index contributed by atoms with van der Waals surface area (Å²) in [6, 6.07) is 9.60. The minimum atomic E-state index is -0.120. The van der Waals surface area contributed by atoms with Gasteiger partial charge in [0, 0.05) is 53.1 Å². The van der Waals surface area contributed by atoms with Gasteiger partial charge in [-0.2, -0.15) is 0 Å². The predicted molar refractivity (Wildman–Crippen MR) is 141 cm³/mol. The van der Waals surface area contributed by atoms with E-state index in [1.807, 2.05) is 37.3 Å². The summed E-state index contributed by atoms with van der Waals surface area (Å²) < 4.78 is 0. The highest BCUT2D eigenvalue weighted by Crippen LogP contribution is 2.49. The fourth-order valence-corrected chi connectivity index (χ4v) is 5.68. The van der Waals surface area contributed by atoms with Crippen molar-refractivity contribution in [1.82, 2.24) is 20.4 Å². The molecule has 0 radical (unpaired) electrons. The van der Waals surface area contributed by atoms with Gasteiger partial charge in [-0.05, 0) is 48.0 Å². The van der Waals surface area contributed by atoms with Crippen LogP contribution in [-0.4, -0.2) is 61.4 Å². The fourth-order valence-electron chi connectivity index (χ4n) is 5.68. The normalized spacial score (nSPS) is 21.1. The van der Waals surface area contributed by atoms with Crippen molar-refractivity contribution in [3.8, 4) is 0 Å². The minimum absolute atomic E-state index is 0.0198. The van der Waals surface area contributed by atoms with Gasteiger partial charge in [0.25, 0.3) is 0 Å². The Morgan fingerprint density at radius 2 is 1.54 bits per heavy atom. The molecule has 7 nitrogen and oxygen atoms in total. The lowest BCUT2D eigenvalue weighted by Gasteiger charge is -2.47. The van der Waals surface area contributed by atoms with Gasteiger partial charge in [-0.3, -0.25) is 4.79 Å². The fraction of sp³-hybridized carbons (Fsp3) is 0.679. The lowest BCUT2D eigenvalue weighted by Crippen LogP contribution is -2.47. The van der Waals surface area contributed by atoms with Crippen molar-refractivity contribution in [3.05, 3.63) is 35.9 Å². The number of hydrogen-bond acceptors (Lipinski definition) is 3. The molecule has 0 saturated heterocycles. The molecule has 0 aliphatic heterocycles. The van der Waals surface area contributed by atoms with E-state index in [2.05, 4.69) is 31.4 Å². The number of ketones is 1. The quantitative estimate of drug-likeness (QED) is 0.459. The maximum atomic E-state index is 12.7. The van der Waals surface area contributed by atoms with Crippen LogP contribution in [0.2, 0.25) is 0 Å². The summed E-state index contributed by atoms with van der Waals surface area (Å²) in [4.78, 5) is 40.4. The molecular formula is C28H46N4O3. The maximum absolute atomic E-state index is 12.7. The molecule has 0 aromatic heterocycles. The van der Waals surface area contributed by atoms with Gasteiger partial charge in [0.05, 0.1) is 0 Å². The molecular weight excluding hydrogens is 440 g/mol. The first-order valence-corrected chi connectivity index (χ1v) is 13.0. The Labute approximate surface area is 212 Å². The van der Waals surface area contributed by atoms with Gasteiger partial charge >= 0.3 is 12.1 Å². The molecule has 1 saturated carbocycles. The maximum Gasteiger partial charge on any atom is 0.317 e. The molecule has 1 aromatic rings. The molecule has 4 amide bonds. The Bertz CT molecular complexity index is 842. The van der Waals surface area contributed by atoms with Crippen LogP contribution in [0.5, 0.6) is 0 Å². The molecule has 0 bridgehead atoms. The van der Waals surface area contributed by atoms with Gasteiger partial charge in [-0.15, -0.1) is 0 Å². The number of nitrogens with zero attached hydrogens (tertiary/aromatic N) is 2. The zero-order valence-electron chi connectivity index (χ0n) is 22.7. The van der Waals surface area contributed by atoms with Crippen LogP contribution in [0.15, 0.2) is 30.3 Å². The van der Waals surface area contributed by atoms with Gasteiger partial charge in [-0.1, -0.05) is 58.0 Å². The Morgan fingerprint density at radius 1 is 0.943 bits per heavy atom. The van der Waals surface area contributed by atoms with Crippen LogP contribution < -0.4 is 10.6 Å². The van der Waals surface area contributed by atoms with Gasteiger partial charge in [0.2, 0.25) is 0 Å². The summed E-state index contributed by atoms with van der Waals surface area (Å²) in [5.74, 6) is 0.715. The summed E-state index contributed by atoms with van der Waals surface area (Å²) in [6.45, 7) is 11.0. The number of hydrogen-bond donors (Lipinski definition) is 2. The molecule has 1 fully saturated rings. The van der Waals surface area contributed by atoms with Crippen molar-refractivity contribution in [2.45, 2.75) is 72.8 Å². The van der Waals surface area contributed by atoms with Crippen LogP contribution in [0, 0.1) is 16.7 Å². The van der Waals surface area contributed by atoms with Crippen molar-refractivity contribution in [1.29, 1.82) is 0 Å². The average Bonchev–Trinajstić information content (AvgIpc) is 2.80. The Kier molecular flexibility index (Phi) is 10.6. The molecule has 0 spiro atoms. The molecule has 1 aliphatic carbocycles. The number of urea groups is 2. The topological polar surface area (TPSA) is 81.8 Å². The number of rotatable bonds is 11. The van der Waals surface area contributed by atoms with Crippen molar-refractivity contribution in [3.63, 3.8) is 0 Å². The van der Waals surface area contributed by atoms with E-state index in [-0.39, 0.29) is 22.9 Å². The third-order valence-electron chi connectivity index (χ3n) is 7.07. The second-order valence-electron chi connectivity index (χ2n) is 11.5. The summed E-state index contributed by atoms with van der Waals surface area (Å²) in [5.41, 5.74) is 1.20. The molecule has 2 rings (SSSR count). The molecule has 1 aromatic carbocycles. The number of carbonyl (C=O) groups excluding carboxylic acids is 3. The van der Waals surface area contributed by atoms with E-state index in [4.69, 9.17) is 0 Å². The van der Waals surface area contributed by atoms with E-state index in [0.717, 1.165) is 24.8 Å². The first-order chi connectivity index (χ1) is 16.4. The van der Waals surface area contributed by atoms with Gasteiger partial charge in [0.1, 0.15) is 5.78 Å². The number of benzene rings is 1. The summed E-state index contributed by atoms with van der Waals surface area (Å²) in [5, 5.41) is 6.05. The average molecular weight is 487 g/mol. The molecule has 1 aliphatic rings. The smallest absolute Gasteiger partial charge is 0.317 e. The van der Waals surface area contributed by atoms with E-state index in [1.165, 1.54) is 0 Å². The molecule has 0 heterocycles. The second-order valence-corrected chi connectivity index (χ2v) is 11.5. The first kappa shape index (κ1) is 28.7. The molecule has 2 atom stereocenters. The number of nitrogens with one attached hydrogen (secondary N) is 2. The third kappa shape index (κ3) is 9.90. The SMILES string of the molecule is CCC(=O)CC1CC(C)(C)CC(C)(CNC(=O)N(C)CCCN(C)C(=O)NCc2ccccc2)C1. The van der Waals surface area contributed by atoms with E-state index in [1.54, 1.807) is 23.9 Å². The van der Waals surface area contributed by atoms with Crippen LogP contribution in [0.3, 0.4) is 0 Å². The minimum Gasteiger partial charge on any atom is -0.337 e. The molecule has 2 unspecified atom stereocenters. The number of amides is 4. The summed E-state index contributed by atoms with van der Waals surface area (Å²) >= 11 is 0. The van der Waals surface area contributed by atoms with Crippen LogP contribution in [0.4, 0.5) is 9.59 Å². The molecule has 35 heavy (non-hydrogen) atoms. The highest BCUT2D eigenvalue weighted by molar-refractivity contribution is 5.78. The lowest BCUT2D eigenvalue weighted by atomic mass is 9.60. The third-order valence-corrected chi connectivity index (χ3v) is 7.07. The highest BCUT2D eigenvalue weighted by Gasteiger charge is 2.41. The van der Waals surface area contributed by atoms with Crippen molar-refractivity contribution in [2.75, 3.05) is 33.7 Å². The van der Waals surface area contributed by atoms with Gasteiger partial charge in [-0.25, -0.2) is 9.59 Å². The van der Waals surface area contributed by atoms with Crippen molar-refractivity contribution < 1.29 is 14.4 Å². The van der Waals surface area contributed by atoms with Crippen LogP contribution in [0.1, 0.15) is 71.8 Å². The Morgan fingerprint density at radius 3 is 2.14 bits per heavy atom. The predicted octanol–water partition coefficient (Wildman–Crippen LogP) is 5.06. The Hall–Kier alpha value is -2.57. The van der Waals surface area contributed by atoms with E-state index >= 15 is 0 Å². The van der Waals surface area contributed by atoms with Crippen LogP contribution in [0.25, 0.3) is 0 Å². The monoisotopic (exact) mass is 486 g/mol. The Balaban J connectivity index is 1.73. The zero-order valence-corrected chi connectivity index (χ0v) is 22.7. The second kappa shape index (κ2) is 12.9. The summed E-state index contributed by atoms with van der Waals surface area (Å²) in [6.07, 6.45) is 5.01. The van der Waals surface area contributed by atoms with Gasteiger partial charge < -0.3 is 20.4 Å². The van der Waals surface area contributed by atoms with Gasteiger partial charge in [0.15, 0.2) is 0 Å². The molecule has 196 valence electrons. The van der Waals surface area contributed by atoms with E-state index in [9.17, 15) is 14.4 Å². The van der Waals surface area contributed by atoms with Crippen molar-refractivity contribution in [2.24, 2.45) is 16.7 Å². The largest absolute Gasteiger partial charge is 0.337 e. The van der Waals surface area contributed by atoms with Crippen LogP contribution >= 0.6 is 0 Å². The van der Waals surface area contributed by atoms with E-state index < -0.39 is 0 Å². The standard InChI is InChI=1S/C28H46N4O3/c1-7-24(33)16-23-17-27(2,3)20-28(4,18-23)21-30-26(35)32(6)15-11-14-31(5)25(34)29-19-22-12-9-8-10-13-22/h8-10,12-13,23H,7,11,14-21H2,1-6H3,(H,29,34)(H,30,35). The number of carbonyl (C=O) groups is 3. The first-order valence-electron chi connectivity index (χ1n) is 13.0. The van der Waals surface area contributed by atoms with E-state index in [0.29, 0.717) is 57.1 Å². The molecule has 7 heteroatoms.